The highest BCUT2D eigenvalue weighted by Crippen LogP contribution is 2.18. The van der Waals surface area contributed by atoms with Crippen molar-refractivity contribution in [3.63, 3.8) is 0 Å². The van der Waals surface area contributed by atoms with Gasteiger partial charge in [0.1, 0.15) is 5.82 Å². The molecule has 0 radical (unpaired) electrons. The second-order valence-corrected chi connectivity index (χ2v) is 4.79. The first-order chi connectivity index (χ1) is 9.47. The van der Waals surface area contributed by atoms with E-state index in [1.165, 1.54) is 17.7 Å². The normalized spacial score (nSPS) is 10.3. The summed E-state index contributed by atoms with van der Waals surface area (Å²) in [6.07, 6.45) is 0. The Balaban J connectivity index is 2.11. The molecule has 2 rings (SSSR count). The van der Waals surface area contributed by atoms with Gasteiger partial charge in [0.2, 0.25) is 0 Å². The monoisotopic (exact) mass is 273 g/mol. The summed E-state index contributed by atoms with van der Waals surface area (Å²) in [4.78, 5) is 10.7. The van der Waals surface area contributed by atoms with Gasteiger partial charge in [-0.05, 0) is 43.2 Å². The molecule has 104 valence electrons. The fraction of sp³-hybridized carbons (Fsp3) is 0.188. The van der Waals surface area contributed by atoms with Crippen molar-refractivity contribution in [1.29, 1.82) is 0 Å². The molecule has 20 heavy (non-hydrogen) atoms. The number of carboxylic acids is 1. The van der Waals surface area contributed by atoms with Crippen LogP contribution in [0.25, 0.3) is 0 Å². The molecular formula is C16H16FNO2. The molecule has 0 spiro atoms. The molecule has 0 heterocycles. The molecule has 4 heteroatoms. The van der Waals surface area contributed by atoms with E-state index in [2.05, 4.69) is 11.4 Å². The van der Waals surface area contributed by atoms with Gasteiger partial charge in [-0.3, -0.25) is 0 Å². The largest absolute Gasteiger partial charge is 0.478 e. The van der Waals surface area contributed by atoms with E-state index in [0.717, 1.165) is 11.3 Å². The number of carbonyl (C=O) groups is 1. The minimum atomic E-state index is -1.25. The molecule has 2 N–H and O–H groups in total. The van der Waals surface area contributed by atoms with Crippen molar-refractivity contribution in [2.45, 2.75) is 20.4 Å². The Hall–Kier alpha value is -2.36. The maximum absolute atomic E-state index is 13.6. The van der Waals surface area contributed by atoms with Gasteiger partial charge in [0, 0.05) is 12.2 Å². The van der Waals surface area contributed by atoms with Gasteiger partial charge in [-0.25, -0.2) is 9.18 Å². The fourth-order valence-electron chi connectivity index (χ4n) is 2.05. The Bertz CT molecular complexity index is 653. The minimum Gasteiger partial charge on any atom is -0.478 e. The smallest absolute Gasteiger partial charge is 0.338 e. The molecule has 0 aromatic heterocycles. The number of aryl methyl sites for hydroxylation is 2. The van der Waals surface area contributed by atoms with Crippen LogP contribution in [0.4, 0.5) is 10.1 Å². The maximum Gasteiger partial charge on any atom is 0.338 e. The van der Waals surface area contributed by atoms with Crippen molar-refractivity contribution >= 4 is 11.7 Å². The molecule has 0 aliphatic rings. The van der Waals surface area contributed by atoms with Crippen molar-refractivity contribution in [1.82, 2.24) is 0 Å². The highest BCUT2D eigenvalue weighted by Gasteiger charge is 2.10. The number of halogens is 1. The highest BCUT2D eigenvalue weighted by atomic mass is 19.1. The molecule has 3 nitrogen and oxygen atoms in total. The number of hydrogen-bond acceptors (Lipinski definition) is 2. The van der Waals surface area contributed by atoms with Gasteiger partial charge >= 0.3 is 5.97 Å². The van der Waals surface area contributed by atoms with Crippen molar-refractivity contribution in [2.24, 2.45) is 0 Å². The van der Waals surface area contributed by atoms with Crippen molar-refractivity contribution in [3.8, 4) is 0 Å². The molecule has 0 bridgehead atoms. The quantitative estimate of drug-likeness (QED) is 0.891. The van der Waals surface area contributed by atoms with Gasteiger partial charge in [-0.2, -0.15) is 0 Å². The molecular weight excluding hydrogens is 257 g/mol. The molecule has 0 saturated carbocycles. The highest BCUT2D eigenvalue weighted by molar-refractivity contribution is 5.87. The summed E-state index contributed by atoms with van der Waals surface area (Å²) in [5.74, 6) is -1.96. The van der Waals surface area contributed by atoms with Gasteiger partial charge in [0.05, 0.1) is 5.56 Å². The van der Waals surface area contributed by atoms with Crippen LogP contribution in [0.2, 0.25) is 0 Å². The fourth-order valence-corrected chi connectivity index (χ4v) is 2.05. The molecule has 0 aliphatic heterocycles. The van der Waals surface area contributed by atoms with Crippen LogP contribution in [0.3, 0.4) is 0 Å². The minimum absolute atomic E-state index is 0.305. The Morgan fingerprint density at radius 2 is 1.95 bits per heavy atom. The predicted octanol–water partition coefficient (Wildman–Crippen LogP) is 3.75. The Morgan fingerprint density at radius 3 is 2.55 bits per heavy atom. The molecule has 0 aliphatic carbocycles. The number of rotatable bonds is 4. The number of nitrogens with one attached hydrogen (secondary N) is 1. The van der Waals surface area contributed by atoms with Crippen molar-refractivity contribution < 1.29 is 14.3 Å². The molecule has 0 saturated heterocycles. The van der Waals surface area contributed by atoms with Crippen LogP contribution in [0.15, 0.2) is 36.4 Å². The predicted molar refractivity (Wildman–Crippen MR) is 76.6 cm³/mol. The van der Waals surface area contributed by atoms with Gasteiger partial charge in [-0.1, -0.05) is 23.8 Å². The second kappa shape index (κ2) is 5.74. The van der Waals surface area contributed by atoms with E-state index in [9.17, 15) is 9.18 Å². The van der Waals surface area contributed by atoms with Crippen LogP contribution in [-0.2, 0) is 6.54 Å². The number of carboxylic acid groups (broad SMARTS) is 1. The summed E-state index contributed by atoms with van der Waals surface area (Å²) in [6.45, 7) is 4.47. The zero-order valence-electron chi connectivity index (χ0n) is 11.4. The first-order valence-electron chi connectivity index (χ1n) is 6.30. The number of benzene rings is 2. The summed E-state index contributed by atoms with van der Waals surface area (Å²) < 4.78 is 13.6. The first kappa shape index (κ1) is 14.1. The van der Waals surface area contributed by atoms with Crippen LogP contribution >= 0.6 is 0 Å². The van der Waals surface area contributed by atoms with Crippen LogP contribution in [0, 0.1) is 19.7 Å². The van der Waals surface area contributed by atoms with E-state index in [0.29, 0.717) is 12.1 Å². The Morgan fingerprint density at radius 1 is 1.20 bits per heavy atom. The lowest BCUT2D eigenvalue weighted by Crippen LogP contribution is -2.05. The van der Waals surface area contributed by atoms with Crippen LogP contribution in [0.5, 0.6) is 0 Å². The maximum atomic E-state index is 13.6. The van der Waals surface area contributed by atoms with E-state index in [1.54, 1.807) is 6.07 Å². The van der Waals surface area contributed by atoms with Gasteiger partial charge < -0.3 is 10.4 Å². The van der Waals surface area contributed by atoms with Gasteiger partial charge in [0.15, 0.2) is 0 Å². The van der Waals surface area contributed by atoms with E-state index >= 15 is 0 Å². The Kier molecular flexibility index (Phi) is 4.03. The van der Waals surface area contributed by atoms with Crippen molar-refractivity contribution in [3.05, 3.63) is 64.5 Å². The van der Waals surface area contributed by atoms with E-state index in [4.69, 9.17) is 5.11 Å². The number of aromatic carboxylic acids is 1. The third-order valence-electron chi connectivity index (χ3n) is 3.13. The molecule has 0 atom stereocenters. The average Bonchev–Trinajstić information content (AvgIpc) is 2.37. The van der Waals surface area contributed by atoms with Crippen LogP contribution in [0.1, 0.15) is 27.0 Å². The SMILES string of the molecule is Cc1ccc(NCc2ccc(C(=O)O)c(F)c2)c(C)c1. The van der Waals surface area contributed by atoms with E-state index in [-0.39, 0.29) is 5.56 Å². The number of hydrogen-bond donors (Lipinski definition) is 2. The summed E-state index contributed by atoms with van der Waals surface area (Å²) >= 11 is 0. The number of anilines is 1. The van der Waals surface area contributed by atoms with Gasteiger partial charge in [0.25, 0.3) is 0 Å². The second-order valence-electron chi connectivity index (χ2n) is 4.79. The zero-order valence-corrected chi connectivity index (χ0v) is 11.4. The lowest BCUT2D eigenvalue weighted by atomic mass is 10.1. The lowest BCUT2D eigenvalue weighted by molar-refractivity contribution is 0.0692. The lowest BCUT2D eigenvalue weighted by Gasteiger charge is -2.10. The van der Waals surface area contributed by atoms with Crippen LogP contribution < -0.4 is 5.32 Å². The summed E-state index contributed by atoms with van der Waals surface area (Å²) in [7, 11) is 0. The van der Waals surface area contributed by atoms with Gasteiger partial charge in [-0.15, -0.1) is 0 Å². The standard InChI is InChI=1S/C16H16FNO2/c1-10-3-6-15(11(2)7-10)18-9-12-4-5-13(16(19)20)14(17)8-12/h3-8,18H,9H2,1-2H3,(H,19,20). The zero-order chi connectivity index (χ0) is 14.7. The summed E-state index contributed by atoms with van der Waals surface area (Å²) in [6, 6.07) is 10.2. The third kappa shape index (κ3) is 3.15. The molecule has 0 unspecified atom stereocenters. The molecule has 2 aromatic rings. The Labute approximate surface area is 117 Å². The van der Waals surface area contributed by atoms with E-state index in [1.807, 2.05) is 26.0 Å². The summed E-state index contributed by atoms with van der Waals surface area (Å²) in [5.41, 5.74) is 3.68. The van der Waals surface area contributed by atoms with E-state index < -0.39 is 11.8 Å². The third-order valence-corrected chi connectivity index (χ3v) is 3.13. The van der Waals surface area contributed by atoms with Crippen molar-refractivity contribution in [2.75, 3.05) is 5.32 Å². The molecule has 2 aromatic carbocycles. The average molecular weight is 273 g/mol. The summed E-state index contributed by atoms with van der Waals surface area (Å²) in [5, 5.41) is 12.0. The molecule has 0 amide bonds. The molecule has 0 fully saturated rings. The topological polar surface area (TPSA) is 49.3 Å². The first-order valence-corrected chi connectivity index (χ1v) is 6.30. The van der Waals surface area contributed by atoms with Crippen LogP contribution in [-0.4, -0.2) is 11.1 Å².